The highest BCUT2D eigenvalue weighted by Crippen LogP contribution is 2.23. The van der Waals surface area contributed by atoms with Crippen molar-refractivity contribution in [2.24, 2.45) is 0 Å². The average molecular weight is 218 g/mol. The monoisotopic (exact) mass is 218 g/mol. The molecule has 1 fully saturated rings. The van der Waals surface area contributed by atoms with E-state index in [1.54, 1.807) is 16.9 Å². The maximum absolute atomic E-state index is 11.5. The van der Waals surface area contributed by atoms with Gasteiger partial charge >= 0.3 is 0 Å². The summed E-state index contributed by atoms with van der Waals surface area (Å²) in [5.41, 5.74) is 1.60. The lowest BCUT2D eigenvalue weighted by molar-refractivity contribution is 0.452. The first-order valence-corrected chi connectivity index (χ1v) is 5.62. The first-order valence-electron chi connectivity index (χ1n) is 5.62. The van der Waals surface area contributed by atoms with Gasteiger partial charge in [-0.2, -0.15) is 5.10 Å². The lowest BCUT2D eigenvalue weighted by Crippen LogP contribution is -2.26. The van der Waals surface area contributed by atoms with E-state index in [1.807, 2.05) is 6.07 Å². The van der Waals surface area contributed by atoms with Gasteiger partial charge in [-0.15, -0.1) is 0 Å². The minimum atomic E-state index is -0.0739. The van der Waals surface area contributed by atoms with Crippen LogP contribution in [0.25, 0.3) is 5.52 Å². The Balaban J connectivity index is 2.04. The highest BCUT2D eigenvalue weighted by atomic mass is 16.1. The van der Waals surface area contributed by atoms with Gasteiger partial charge in [0.05, 0.1) is 5.69 Å². The van der Waals surface area contributed by atoms with Crippen LogP contribution in [0.5, 0.6) is 0 Å². The number of fused-ring (bicyclic) bond motifs is 1. The van der Waals surface area contributed by atoms with Crippen molar-refractivity contribution < 1.29 is 0 Å². The van der Waals surface area contributed by atoms with Crippen LogP contribution in [-0.4, -0.2) is 27.7 Å². The molecular formula is C11H14N4O. The van der Waals surface area contributed by atoms with Crippen LogP contribution in [0.3, 0.4) is 0 Å². The topological polar surface area (TPSA) is 62.2 Å². The minimum Gasteiger partial charge on any atom is -0.326 e. The summed E-state index contributed by atoms with van der Waals surface area (Å²) in [6.45, 7) is 2.07. The molecule has 0 saturated carbocycles. The summed E-state index contributed by atoms with van der Waals surface area (Å²) in [6.07, 6.45) is 5.60. The van der Waals surface area contributed by atoms with Gasteiger partial charge in [-0.05, 0) is 32.0 Å². The first-order chi connectivity index (χ1) is 7.84. The second-order valence-corrected chi connectivity index (χ2v) is 4.21. The number of hydrogen-bond acceptors (Lipinski definition) is 3. The maximum Gasteiger partial charge on any atom is 0.273 e. The molecule has 0 atom stereocenters. The molecule has 16 heavy (non-hydrogen) atoms. The van der Waals surface area contributed by atoms with Gasteiger partial charge in [0.1, 0.15) is 5.52 Å². The molecular weight excluding hydrogens is 204 g/mol. The Morgan fingerprint density at radius 3 is 2.94 bits per heavy atom. The van der Waals surface area contributed by atoms with Crippen LogP contribution in [0, 0.1) is 0 Å². The fourth-order valence-electron chi connectivity index (χ4n) is 2.27. The van der Waals surface area contributed by atoms with Gasteiger partial charge in [0, 0.05) is 18.3 Å². The zero-order valence-electron chi connectivity index (χ0n) is 8.94. The summed E-state index contributed by atoms with van der Waals surface area (Å²) in [6, 6.07) is 1.91. The molecule has 0 unspecified atom stereocenters. The fraction of sp³-hybridized carbons (Fsp3) is 0.455. The number of rotatable bonds is 1. The van der Waals surface area contributed by atoms with E-state index in [2.05, 4.69) is 15.4 Å². The Labute approximate surface area is 92.5 Å². The summed E-state index contributed by atoms with van der Waals surface area (Å²) in [7, 11) is 0. The van der Waals surface area contributed by atoms with E-state index < -0.39 is 0 Å². The van der Waals surface area contributed by atoms with E-state index in [1.165, 1.54) is 0 Å². The number of nitrogens with one attached hydrogen (secondary N) is 2. The van der Waals surface area contributed by atoms with Crippen molar-refractivity contribution in [2.45, 2.75) is 18.8 Å². The molecule has 0 spiro atoms. The molecule has 1 saturated heterocycles. The Kier molecular flexibility index (Phi) is 2.25. The van der Waals surface area contributed by atoms with Crippen molar-refractivity contribution in [1.29, 1.82) is 0 Å². The summed E-state index contributed by atoms with van der Waals surface area (Å²) >= 11 is 0. The molecule has 1 aliphatic rings. The van der Waals surface area contributed by atoms with Crippen molar-refractivity contribution in [3.63, 3.8) is 0 Å². The van der Waals surface area contributed by atoms with Crippen LogP contribution in [0.2, 0.25) is 0 Å². The van der Waals surface area contributed by atoms with E-state index in [4.69, 9.17) is 0 Å². The van der Waals surface area contributed by atoms with Gasteiger partial charge < -0.3 is 10.3 Å². The summed E-state index contributed by atoms with van der Waals surface area (Å²) in [5.74, 6) is 0.487. The van der Waals surface area contributed by atoms with Crippen LogP contribution < -0.4 is 10.9 Å². The van der Waals surface area contributed by atoms with Crippen molar-refractivity contribution >= 4 is 5.52 Å². The van der Waals surface area contributed by atoms with Gasteiger partial charge in [0.15, 0.2) is 0 Å². The van der Waals surface area contributed by atoms with Crippen LogP contribution in [-0.2, 0) is 0 Å². The predicted molar refractivity (Wildman–Crippen MR) is 60.7 cm³/mol. The molecule has 2 aromatic heterocycles. The highest BCUT2D eigenvalue weighted by Gasteiger charge is 2.18. The largest absolute Gasteiger partial charge is 0.326 e. The predicted octanol–water partition coefficient (Wildman–Crippen LogP) is 0.490. The quantitative estimate of drug-likeness (QED) is 0.732. The summed E-state index contributed by atoms with van der Waals surface area (Å²) in [4.78, 5) is 14.2. The van der Waals surface area contributed by atoms with Gasteiger partial charge in [0.2, 0.25) is 0 Å². The summed E-state index contributed by atoms with van der Waals surface area (Å²) in [5, 5.41) is 7.79. The van der Waals surface area contributed by atoms with Crippen LogP contribution in [0.15, 0.2) is 23.3 Å². The lowest BCUT2D eigenvalue weighted by atomic mass is 9.95. The Bertz CT molecular complexity index is 550. The Hall–Kier alpha value is -1.62. The molecule has 0 aliphatic carbocycles. The van der Waals surface area contributed by atoms with E-state index in [9.17, 15) is 4.79 Å². The average Bonchev–Trinajstić information content (AvgIpc) is 2.76. The van der Waals surface area contributed by atoms with Crippen molar-refractivity contribution in [3.05, 3.63) is 34.5 Å². The van der Waals surface area contributed by atoms with Crippen LogP contribution in [0.4, 0.5) is 0 Å². The Morgan fingerprint density at radius 1 is 1.38 bits per heavy atom. The standard InChI is InChI=1S/C11H14N4O/c16-11-10-7-9(8-1-3-12-4-2-8)14-15(10)6-5-13-11/h5-8,12H,1-4H2,(H,13,16). The molecule has 5 nitrogen and oxygen atoms in total. The summed E-state index contributed by atoms with van der Waals surface area (Å²) < 4.78 is 1.66. The number of nitrogens with zero attached hydrogens (tertiary/aromatic N) is 2. The van der Waals surface area contributed by atoms with Crippen molar-refractivity contribution in [3.8, 4) is 0 Å². The van der Waals surface area contributed by atoms with Gasteiger partial charge in [0.25, 0.3) is 5.56 Å². The van der Waals surface area contributed by atoms with Gasteiger partial charge in [-0.25, -0.2) is 4.52 Å². The second kappa shape index (κ2) is 3.75. The third-order valence-electron chi connectivity index (χ3n) is 3.17. The van der Waals surface area contributed by atoms with E-state index in [0.29, 0.717) is 11.4 Å². The molecule has 1 aliphatic heterocycles. The fourth-order valence-corrected chi connectivity index (χ4v) is 2.27. The highest BCUT2D eigenvalue weighted by molar-refractivity contribution is 5.45. The number of hydrogen-bond donors (Lipinski definition) is 2. The van der Waals surface area contributed by atoms with Crippen LogP contribution >= 0.6 is 0 Å². The van der Waals surface area contributed by atoms with Crippen molar-refractivity contribution in [1.82, 2.24) is 19.9 Å². The zero-order chi connectivity index (χ0) is 11.0. The Morgan fingerprint density at radius 2 is 2.19 bits per heavy atom. The van der Waals surface area contributed by atoms with E-state index >= 15 is 0 Å². The third kappa shape index (κ3) is 1.53. The molecule has 3 rings (SSSR count). The number of piperidine rings is 1. The maximum atomic E-state index is 11.5. The third-order valence-corrected chi connectivity index (χ3v) is 3.17. The second-order valence-electron chi connectivity index (χ2n) is 4.21. The van der Waals surface area contributed by atoms with Gasteiger partial charge in [-0.1, -0.05) is 0 Å². The van der Waals surface area contributed by atoms with E-state index in [0.717, 1.165) is 31.6 Å². The molecule has 5 heteroatoms. The molecule has 0 radical (unpaired) electrons. The van der Waals surface area contributed by atoms with Gasteiger partial charge in [-0.3, -0.25) is 4.79 Å². The lowest BCUT2D eigenvalue weighted by Gasteiger charge is -2.20. The molecule has 0 bridgehead atoms. The SMILES string of the molecule is O=c1[nH]ccn2nc(C3CCNCC3)cc12. The first kappa shape index (κ1) is 9.59. The normalized spacial score (nSPS) is 18.0. The number of H-pyrrole nitrogens is 1. The molecule has 2 aromatic rings. The smallest absolute Gasteiger partial charge is 0.273 e. The minimum absolute atomic E-state index is 0.0739. The number of aromatic amines is 1. The van der Waals surface area contributed by atoms with E-state index in [-0.39, 0.29) is 5.56 Å². The van der Waals surface area contributed by atoms with Crippen LogP contribution in [0.1, 0.15) is 24.5 Å². The molecule has 0 amide bonds. The number of aromatic nitrogens is 3. The molecule has 0 aromatic carbocycles. The molecule has 2 N–H and O–H groups in total. The molecule has 84 valence electrons. The molecule has 3 heterocycles. The van der Waals surface area contributed by atoms with Crippen molar-refractivity contribution in [2.75, 3.05) is 13.1 Å². The zero-order valence-corrected chi connectivity index (χ0v) is 8.94.